The number of aliphatic hydroxyl groups excluding tert-OH is 1. The predicted octanol–water partition coefficient (Wildman–Crippen LogP) is 0.996. The van der Waals surface area contributed by atoms with Crippen molar-refractivity contribution in [2.24, 2.45) is 0 Å². The molecule has 1 saturated heterocycles. The minimum Gasteiger partial charge on any atom is -0.396 e. The zero-order valence-electron chi connectivity index (χ0n) is 9.21. The molecule has 0 aliphatic carbocycles. The number of hydrogen-bond donors (Lipinski definition) is 2. The fourth-order valence-corrected chi connectivity index (χ4v) is 2.14. The van der Waals surface area contributed by atoms with E-state index in [-0.39, 0.29) is 0 Å². The van der Waals surface area contributed by atoms with E-state index in [1.807, 2.05) is 6.92 Å². The maximum absolute atomic E-state index is 9.87. The summed E-state index contributed by atoms with van der Waals surface area (Å²) in [6, 6.07) is 0. The van der Waals surface area contributed by atoms with Crippen LogP contribution in [0.25, 0.3) is 0 Å². The van der Waals surface area contributed by atoms with Crippen LogP contribution >= 0.6 is 0 Å². The van der Waals surface area contributed by atoms with Crippen LogP contribution < -0.4 is 0 Å². The third-order valence-electron chi connectivity index (χ3n) is 2.89. The van der Waals surface area contributed by atoms with E-state index in [1.165, 1.54) is 0 Å². The summed E-state index contributed by atoms with van der Waals surface area (Å²) in [7, 11) is 0. The van der Waals surface area contributed by atoms with Gasteiger partial charge in [0.2, 0.25) is 0 Å². The maximum Gasteiger partial charge on any atom is 0.0746 e. The number of rotatable bonds is 5. The largest absolute Gasteiger partial charge is 0.396 e. The molecule has 3 nitrogen and oxygen atoms in total. The molecule has 14 heavy (non-hydrogen) atoms. The molecule has 1 heterocycles. The molecular weight excluding hydrogens is 178 g/mol. The van der Waals surface area contributed by atoms with Crippen molar-refractivity contribution in [1.82, 2.24) is 4.90 Å². The summed E-state index contributed by atoms with van der Waals surface area (Å²) in [6.07, 6.45) is 5.17. The van der Waals surface area contributed by atoms with Crippen molar-refractivity contribution in [1.29, 1.82) is 0 Å². The second-order valence-electron chi connectivity index (χ2n) is 4.66. The van der Waals surface area contributed by atoms with E-state index in [0.717, 1.165) is 51.7 Å². The van der Waals surface area contributed by atoms with E-state index in [2.05, 4.69) is 4.90 Å². The monoisotopic (exact) mass is 201 g/mol. The smallest absolute Gasteiger partial charge is 0.0746 e. The molecule has 1 unspecified atom stereocenters. The second kappa shape index (κ2) is 5.69. The van der Waals surface area contributed by atoms with Gasteiger partial charge < -0.3 is 15.1 Å². The number of likely N-dealkylation sites (tertiary alicyclic amines) is 1. The minimum atomic E-state index is -0.477. The van der Waals surface area contributed by atoms with Crippen LogP contribution in [0, 0.1) is 0 Å². The molecule has 1 aliphatic heterocycles. The molecule has 3 heteroatoms. The Morgan fingerprint density at radius 2 is 2.07 bits per heavy atom. The van der Waals surface area contributed by atoms with Crippen molar-refractivity contribution in [3.8, 4) is 0 Å². The number of piperidine rings is 1. The lowest BCUT2D eigenvalue weighted by molar-refractivity contribution is -0.0158. The molecule has 2 N–H and O–H groups in total. The lowest BCUT2D eigenvalue weighted by atomic mass is 9.95. The maximum atomic E-state index is 9.87. The number of hydrogen-bond acceptors (Lipinski definition) is 3. The molecule has 1 atom stereocenters. The standard InChI is InChI=1S/C11H23NO2/c1-11(14)6-5-8-12(10-11)7-3-2-4-9-13/h13-14H,2-10H2,1H3. The Morgan fingerprint density at radius 1 is 1.29 bits per heavy atom. The molecule has 1 fully saturated rings. The average Bonchev–Trinajstić information content (AvgIpc) is 2.11. The summed E-state index contributed by atoms with van der Waals surface area (Å²) in [5.74, 6) is 0. The highest BCUT2D eigenvalue weighted by Crippen LogP contribution is 2.20. The van der Waals surface area contributed by atoms with E-state index in [9.17, 15) is 5.11 Å². The number of aliphatic hydroxyl groups is 2. The van der Waals surface area contributed by atoms with Crippen molar-refractivity contribution in [2.45, 2.75) is 44.6 Å². The molecule has 0 radical (unpaired) electrons. The average molecular weight is 201 g/mol. The Kier molecular flexibility index (Phi) is 4.85. The Hall–Kier alpha value is -0.120. The number of nitrogens with zero attached hydrogens (tertiary/aromatic N) is 1. The van der Waals surface area contributed by atoms with Gasteiger partial charge in [0.25, 0.3) is 0 Å². The van der Waals surface area contributed by atoms with Crippen LogP contribution in [0.15, 0.2) is 0 Å². The van der Waals surface area contributed by atoms with Crippen LogP contribution in [0.1, 0.15) is 39.0 Å². The van der Waals surface area contributed by atoms with Crippen LogP contribution in [0.4, 0.5) is 0 Å². The van der Waals surface area contributed by atoms with Gasteiger partial charge in [0.05, 0.1) is 5.60 Å². The zero-order chi connectivity index (χ0) is 10.4. The van der Waals surface area contributed by atoms with Crippen LogP contribution in [-0.4, -0.2) is 47.0 Å². The highest BCUT2D eigenvalue weighted by molar-refractivity contribution is 4.82. The quantitative estimate of drug-likeness (QED) is 0.652. The first-order valence-electron chi connectivity index (χ1n) is 5.70. The van der Waals surface area contributed by atoms with Gasteiger partial charge in [-0.05, 0) is 52.1 Å². The SMILES string of the molecule is CC1(O)CCCN(CCCCCO)C1. The molecule has 0 amide bonds. The fourth-order valence-electron chi connectivity index (χ4n) is 2.14. The highest BCUT2D eigenvalue weighted by atomic mass is 16.3. The number of β-amino-alcohol motifs (C(OH)–C–C–N with tert-alkyl or cyclic N) is 1. The Labute approximate surface area is 86.7 Å². The van der Waals surface area contributed by atoms with E-state index < -0.39 is 5.60 Å². The van der Waals surface area contributed by atoms with Crippen molar-refractivity contribution in [3.63, 3.8) is 0 Å². The summed E-state index contributed by atoms with van der Waals surface area (Å²) in [5, 5.41) is 18.5. The van der Waals surface area contributed by atoms with E-state index in [1.54, 1.807) is 0 Å². The van der Waals surface area contributed by atoms with Crippen LogP contribution in [-0.2, 0) is 0 Å². The zero-order valence-corrected chi connectivity index (χ0v) is 9.21. The Morgan fingerprint density at radius 3 is 2.71 bits per heavy atom. The van der Waals surface area contributed by atoms with Crippen molar-refractivity contribution >= 4 is 0 Å². The first-order chi connectivity index (χ1) is 6.64. The van der Waals surface area contributed by atoms with Gasteiger partial charge in [-0.15, -0.1) is 0 Å². The fraction of sp³-hybridized carbons (Fsp3) is 1.00. The molecule has 84 valence electrons. The summed E-state index contributed by atoms with van der Waals surface area (Å²) >= 11 is 0. The van der Waals surface area contributed by atoms with Gasteiger partial charge in [-0.2, -0.15) is 0 Å². The third kappa shape index (κ3) is 4.40. The van der Waals surface area contributed by atoms with E-state index >= 15 is 0 Å². The minimum absolute atomic E-state index is 0.303. The first kappa shape index (κ1) is 12.0. The Bertz CT molecular complexity index is 159. The lowest BCUT2D eigenvalue weighted by Crippen LogP contribution is -2.46. The second-order valence-corrected chi connectivity index (χ2v) is 4.66. The van der Waals surface area contributed by atoms with Gasteiger partial charge in [0.15, 0.2) is 0 Å². The van der Waals surface area contributed by atoms with E-state index in [4.69, 9.17) is 5.11 Å². The Balaban J connectivity index is 2.12. The molecule has 0 aromatic heterocycles. The lowest BCUT2D eigenvalue weighted by Gasteiger charge is -2.36. The predicted molar refractivity (Wildman–Crippen MR) is 57.2 cm³/mol. The summed E-state index contributed by atoms with van der Waals surface area (Å²) in [5.41, 5.74) is -0.477. The highest BCUT2D eigenvalue weighted by Gasteiger charge is 2.27. The topological polar surface area (TPSA) is 43.7 Å². The summed E-state index contributed by atoms with van der Waals surface area (Å²) in [6.45, 7) is 5.22. The molecule has 0 spiro atoms. The first-order valence-corrected chi connectivity index (χ1v) is 5.70. The van der Waals surface area contributed by atoms with Gasteiger partial charge >= 0.3 is 0 Å². The van der Waals surface area contributed by atoms with E-state index in [0.29, 0.717) is 6.61 Å². The van der Waals surface area contributed by atoms with Crippen molar-refractivity contribution in [2.75, 3.05) is 26.2 Å². The molecule has 0 aromatic carbocycles. The van der Waals surface area contributed by atoms with Crippen molar-refractivity contribution in [3.05, 3.63) is 0 Å². The molecule has 0 aromatic rings. The van der Waals surface area contributed by atoms with Crippen LogP contribution in [0.3, 0.4) is 0 Å². The van der Waals surface area contributed by atoms with Gasteiger partial charge in [-0.25, -0.2) is 0 Å². The number of unbranched alkanes of at least 4 members (excludes halogenated alkanes) is 2. The van der Waals surface area contributed by atoms with Gasteiger partial charge in [0, 0.05) is 13.2 Å². The van der Waals surface area contributed by atoms with Gasteiger partial charge in [0.1, 0.15) is 0 Å². The third-order valence-corrected chi connectivity index (χ3v) is 2.89. The van der Waals surface area contributed by atoms with Crippen LogP contribution in [0.5, 0.6) is 0 Å². The molecule has 1 aliphatic rings. The summed E-state index contributed by atoms with van der Waals surface area (Å²) in [4.78, 5) is 2.33. The summed E-state index contributed by atoms with van der Waals surface area (Å²) < 4.78 is 0. The molecule has 1 rings (SSSR count). The molecular formula is C11H23NO2. The van der Waals surface area contributed by atoms with Crippen LogP contribution in [0.2, 0.25) is 0 Å². The molecule has 0 bridgehead atoms. The van der Waals surface area contributed by atoms with Gasteiger partial charge in [-0.3, -0.25) is 0 Å². The normalized spacial score (nSPS) is 29.4. The molecule has 0 saturated carbocycles. The van der Waals surface area contributed by atoms with Gasteiger partial charge in [-0.1, -0.05) is 0 Å². The van der Waals surface area contributed by atoms with Crippen molar-refractivity contribution < 1.29 is 10.2 Å².